The van der Waals surface area contributed by atoms with Crippen molar-refractivity contribution in [1.29, 1.82) is 0 Å². The zero-order chi connectivity index (χ0) is 5.28. The van der Waals surface area contributed by atoms with Crippen molar-refractivity contribution >= 4 is 11.5 Å². The van der Waals surface area contributed by atoms with E-state index in [2.05, 4.69) is 4.37 Å². The third kappa shape index (κ3) is 0.771. The summed E-state index contributed by atoms with van der Waals surface area (Å²) in [6.07, 6.45) is 0. The van der Waals surface area contributed by atoms with E-state index in [1.54, 1.807) is 0 Å². The largest absolute Gasteiger partial charge is 0.310 e. The van der Waals surface area contributed by atoms with E-state index >= 15 is 0 Å². The molecule has 1 rings (SSSR count). The molecular weight excluding hydrogens is 108 g/mol. The molecule has 0 amide bonds. The maximum absolute atomic E-state index is 4.02. The van der Waals surface area contributed by atoms with Crippen molar-refractivity contribution < 1.29 is 4.57 Å². The van der Waals surface area contributed by atoms with Gasteiger partial charge >= 0.3 is 5.82 Å². The molecule has 38 valence electrons. The molecule has 0 aliphatic carbocycles. The summed E-state index contributed by atoms with van der Waals surface area (Å²) in [6.45, 7) is 1.98. The van der Waals surface area contributed by atoms with Crippen LogP contribution in [0.5, 0.6) is 0 Å². The third-order valence-electron chi connectivity index (χ3n) is 0.901. The molecule has 3 heteroatoms. The summed E-state index contributed by atoms with van der Waals surface area (Å²) in [5.41, 5.74) is 1.97. The van der Waals surface area contributed by atoms with Crippen molar-refractivity contribution in [3.8, 4) is 0 Å². The summed E-state index contributed by atoms with van der Waals surface area (Å²) in [5, 5.41) is 0. The fraction of sp³-hybridized carbons (Fsp3) is 0.500. The maximum Gasteiger partial charge on any atom is 0.310 e. The highest BCUT2D eigenvalue weighted by atomic mass is 32.1. The molecule has 0 fully saturated rings. The van der Waals surface area contributed by atoms with E-state index in [-0.39, 0.29) is 0 Å². The topological polar surface area (TPSA) is 16.8 Å². The lowest BCUT2D eigenvalue weighted by Crippen LogP contribution is -2.27. The Kier molecular flexibility index (Phi) is 1.06. The monoisotopic (exact) mass is 115 g/mol. The third-order valence-corrected chi connectivity index (χ3v) is 1.68. The number of hydrogen-bond acceptors (Lipinski definition) is 2. The Morgan fingerprint density at radius 1 is 1.86 bits per heavy atom. The first-order chi connectivity index (χ1) is 3.30. The molecular formula is C4H7N2S+. The summed E-state index contributed by atoms with van der Waals surface area (Å²) in [7, 11) is 1.98. The van der Waals surface area contributed by atoms with Crippen LogP contribution in [-0.4, -0.2) is 4.37 Å². The van der Waals surface area contributed by atoms with Crippen LogP contribution in [0, 0.1) is 6.92 Å². The molecule has 0 N–H and O–H groups in total. The van der Waals surface area contributed by atoms with Crippen molar-refractivity contribution in [3.05, 3.63) is 11.3 Å². The summed E-state index contributed by atoms with van der Waals surface area (Å²) in [4.78, 5) is 0. The van der Waals surface area contributed by atoms with Crippen LogP contribution >= 0.6 is 11.5 Å². The van der Waals surface area contributed by atoms with Gasteiger partial charge in [-0.15, -0.1) is 0 Å². The molecule has 2 nitrogen and oxygen atoms in total. The van der Waals surface area contributed by atoms with Gasteiger partial charge in [0.15, 0.2) is 5.51 Å². The van der Waals surface area contributed by atoms with Crippen molar-refractivity contribution in [3.63, 3.8) is 0 Å². The van der Waals surface area contributed by atoms with E-state index in [0.29, 0.717) is 0 Å². The molecule has 0 atom stereocenters. The Morgan fingerprint density at radius 3 is 2.71 bits per heavy atom. The lowest BCUT2D eigenvalue weighted by molar-refractivity contribution is -0.674. The molecule has 1 heterocycles. The average Bonchev–Trinajstić information content (AvgIpc) is 1.91. The number of nitrogens with zero attached hydrogens (tertiary/aromatic N) is 2. The Balaban J connectivity index is 3.12. The fourth-order valence-electron chi connectivity index (χ4n) is 0.311. The van der Waals surface area contributed by atoms with Gasteiger partial charge in [-0.05, 0) is 0 Å². The van der Waals surface area contributed by atoms with Crippen LogP contribution < -0.4 is 4.57 Å². The normalized spacial score (nSPS) is 9.43. The molecule has 0 aliphatic heterocycles. The van der Waals surface area contributed by atoms with Gasteiger partial charge in [0.25, 0.3) is 0 Å². The van der Waals surface area contributed by atoms with Gasteiger partial charge in [-0.2, -0.15) is 0 Å². The highest BCUT2D eigenvalue weighted by Crippen LogP contribution is 1.84. The Morgan fingerprint density at radius 2 is 2.57 bits per heavy atom. The molecule has 0 saturated carbocycles. The number of rotatable bonds is 0. The van der Waals surface area contributed by atoms with Crippen LogP contribution in [0.2, 0.25) is 0 Å². The Hall–Kier alpha value is -0.440. The summed E-state index contributed by atoms with van der Waals surface area (Å²) >= 11 is 1.48. The first kappa shape index (κ1) is 4.71. The van der Waals surface area contributed by atoms with Gasteiger partial charge in [0, 0.05) is 11.3 Å². The minimum atomic E-state index is 1.07. The second-order valence-electron chi connectivity index (χ2n) is 1.46. The number of hydrogen-bond donors (Lipinski definition) is 0. The molecule has 0 unspecified atom stereocenters. The van der Waals surface area contributed by atoms with Crippen LogP contribution in [0.1, 0.15) is 5.82 Å². The van der Waals surface area contributed by atoms with Crippen molar-refractivity contribution in [2.75, 3.05) is 0 Å². The lowest BCUT2D eigenvalue weighted by atomic mass is 10.7. The fourth-order valence-corrected chi connectivity index (χ4v) is 0.934. The van der Waals surface area contributed by atoms with Gasteiger partial charge < -0.3 is 0 Å². The van der Waals surface area contributed by atoms with Crippen molar-refractivity contribution in [2.45, 2.75) is 6.92 Å². The molecule has 0 aromatic carbocycles. The highest BCUT2D eigenvalue weighted by Gasteiger charge is 1.99. The SMILES string of the molecule is Cc1nsc[n+]1C. The predicted molar refractivity (Wildman–Crippen MR) is 28.0 cm³/mol. The van der Waals surface area contributed by atoms with Gasteiger partial charge in [-0.1, -0.05) is 0 Å². The first-order valence-electron chi connectivity index (χ1n) is 2.07. The molecule has 0 saturated heterocycles. The molecule has 0 bridgehead atoms. The highest BCUT2D eigenvalue weighted by molar-refractivity contribution is 7.02. The summed E-state index contributed by atoms with van der Waals surface area (Å²) in [6, 6.07) is 0. The van der Waals surface area contributed by atoms with Gasteiger partial charge in [0.1, 0.15) is 11.5 Å². The summed E-state index contributed by atoms with van der Waals surface area (Å²) < 4.78 is 6.01. The predicted octanol–water partition coefficient (Wildman–Crippen LogP) is 0.276. The quantitative estimate of drug-likeness (QED) is 0.444. The molecule has 0 spiro atoms. The standard InChI is InChI=1S/C4H7N2S/c1-4-5-7-3-6(4)2/h3H,1-2H3/q+1. The van der Waals surface area contributed by atoms with E-state index in [1.165, 1.54) is 11.5 Å². The minimum absolute atomic E-state index is 1.07. The zero-order valence-electron chi connectivity index (χ0n) is 4.38. The van der Waals surface area contributed by atoms with E-state index in [4.69, 9.17) is 0 Å². The van der Waals surface area contributed by atoms with Gasteiger partial charge in [-0.25, -0.2) is 4.57 Å². The van der Waals surface area contributed by atoms with Crippen LogP contribution in [-0.2, 0) is 7.05 Å². The van der Waals surface area contributed by atoms with E-state index in [1.807, 2.05) is 24.0 Å². The maximum atomic E-state index is 4.02. The summed E-state index contributed by atoms with van der Waals surface area (Å²) in [5.74, 6) is 1.07. The van der Waals surface area contributed by atoms with Gasteiger partial charge in [0.05, 0.1) is 7.05 Å². The van der Waals surface area contributed by atoms with Crippen LogP contribution in [0.15, 0.2) is 5.51 Å². The second-order valence-corrected chi connectivity index (χ2v) is 2.06. The second kappa shape index (κ2) is 1.58. The van der Waals surface area contributed by atoms with E-state index < -0.39 is 0 Å². The number of aromatic nitrogens is 2. The molecule has 7 heavy (non-hydrogen) atoms. The Labute approximate surface area is 46.6 Å². The minimum Gasteiger partial charge on any atom is -0.224 e. The van der Waals surface area contributed by atoms with Crippen LogP contribution in [0.4, 0.5) is 0 Å². The molecule has 1 aromatic rings. The molecule has 1 aromatic heterocycles. The van der Waals surface area contributed by atoms with Crippen molar-refractivity contribution in [2.24, 2.45) is 7.05 Å². The first-order valence-corrected chi connectivity index (χ1v) is 2.91. The molecule has 0 aliphatic rings. The van der Waals surface area contributed by atoms with Crippen LogP contribution in [0.25, 0.3) is 0 Å². The van der Waals surface area contributed by atoms with E-state index in [0.717, 1.165) is 5.82 Å². The Bertz CT molecular complexity index is 142. The smallest absolute Gasteiger partial charge is 0.224 e. The van der Waals surface area contributed by atoms with Gasteiger partial charge in [-0.3, -0.25) is 0 Å². The average molecular weight is 115 g/mol. The van der Waals surface area contributed by atoms with Gasteiger partial charge in [0.2, 0.25) is 0 Å². The number of aryl methyl sites for hydroxylation is 2. The molecule has 0 radical (unpaired) electrons. The van der Waals surface area contributed by atoms with E-state index in [9.17, 15) is 0 Å². The zero-order valence-corrected chi connectivity index (χ0v) is 5.20. The lowest BCUT2D eigenvalue weighted by Gasteiger charge is -1.73. The van der Waals surface area contributed by atoms with Crippen molar-refractivity contribution in [1.82, 2.24) is 4.37 Å². The van der Waals surface area contributed by atoms with Crippen LogP contribution in [0.3, 0.4) is 0 Å².